The maximum Gasteiger partial charge on any atom is 0.224 e. The Morgan fingerprint density at radius 2 is 2.29 bits per heavy atom. The molecular formula is C11H18N2O. The van der Waals surface area contributed by atoms with Crippen molar-refractivity contribution in [2.75, 3.05) is 6.54 Å². The molecule has 2 unspecified atom stereocenters. The van der Waals surface area contributed by atoms with Crippen LogP contribution in [-0.2, 0) is 4.79 Å². The number of nitrogens with zero attached hydrogens (tertiary/aromatic N) is 2. The van der Waals surface area contributed by atoms with Gasteiger partial charge in [-0.05, 0) is 12.3 Å². The van der Waals surface area contributed by atoms with Gasteiger partial charge in [0.25, 0.3) is 0 Å². The molecule has 78 valence electrons. The highest BCUT2D eigenvalue weighted by molar-refractivity contribution is 5.79. The van der Waals surface area contributed by atoms with E-state index in [1.807, 2.05) is 4.90 Å². The molecule has 3 heteroatoms. The van der Waals surface area contributed by atoms with Gasteiger partial charge in [-0.15, -0.1) is 0 Å². The molecule has 3 nitrogen and oxygen atoms in total. The van der Waals surface area contributed by atoms with E-state index >= 15 is 0 Å². The Labute approximate surface area is 85.7 Å². The normalized spacial score (nSPS) is 24.1. The van der Waals surface area contributed by atoms with Crippen LogP contribution >= 0.6 is 0 Å². The quantitative estimate of drug-likeness (QED) is 0.687. The first-order valence-corrected chi connectivity index (χ1v) is 5.29. The van der Waals surface area contributed by atoms with Crippen LogP contribution in [-0.4, -0.2) is 23.4 Å². The average Bonchev–Trinajstić information content (AvgIpc) is 2.48. The first-order valence-electron chi connectivity index (χ1n) is 5.29. The topological polar surface area (TPSA) is 44.1 Å². The fourth-order valence-corrected chi connectivity index (χ4v) is 2.19. The van der Waals surface area contributed by atoms with Gasteiger partial charge in [0, 0.05) is 19.0 Å². The highest BCUT2D eigenvalue weighted by Gasteiger charge is 2.34. The summed E-state index contributed by atoms with van der Waals surface area (Å²) in [6.07, 6.45) is 1.39. The van der Waals surface area contributed by atoms with Crippen molar-refractivity contribution in [2.24, 2.45) is 11.8 Å². The van der Waals surface area contributed by atoms with Crippen molar-refractivity contribution in [3.05, 3.63) is 0 Å². The second-order valence-electron chi connectivity index (χ2n) is 4.30. The molecule has 0 saturated carbocycles. The van der Waals surface area contributed by atoms with Gasteiger partial charge in [0.05, 0.1) is 12.0 Å². The molecule has 1 rings (SSSR count). The molecule has 0 aromatic heterocycles. The van der Waals surface area contributed by atoms with Gasteiger partial charge in [0.15, 0.2) is 0 Å². The van der Waals surface area contributed by atoms with Crippen LogP contribution in [0.4, 0.5) is 0 Å². The van der Waals surface area contributed by atoms with Gasteiger partial charge in [-0.25, -0.2) is 0 Å². The third-order valence-electron chi connectivity index (χ3n) is 2.93. The Kier molecular flexibility index (Phi) is 3.51. The summed E-state index contributed by atoms with van der Waals surface area (Å²) in [6, 6.07) is 2.49. The lowest BCUT2D eigenvalue weighted by Crippen LogP contribution is -2.39. The zero-order valence-corrected chi connectivity index (χ0v) is 9.16. The van der Waals surface area contributed by atoms with Crippen LogP contribution in [0.25, 0.3) is 0 Å². The van der Waals surface area contributed by atoms with E-state index in [1.54, 1.807) is 0 Å². The van der Waals surface area contributed by atoms with E-state index in [2.05, 4.69) is 26.8 Å². The van der Waals surface area contributed by atoms with Gasteiger partial charge in [-0.3, -0.25) is 4.79 Å². The fraction of sp³-hybridized carbons (Fsp3) is 0.818. The van der Waals surface area contributed by atoms with E-state index in [0.717, 1.165) is 6.42 Å². The summed E-state index contributed by atoms with van der Waals surface area (Å²) in [7, 11) is 0. The highest BCUT2D eigenvalue weighted by Crippen LogP contribution is 2.24. The molecule has 0 N–H and O–H groups in total. The zero-order chi connectivity index (χ0) is 10.7. The van der Waals surface area contributed by atoms with Crippen LogP contribution in [0, 0.1) is 23.2 Å². The molecule has 1 aliphatic rings. The van der Waals surface area contributed by atoms with Crippen LogP contribution in [0.5, 0.6) is 0 Å². The van der Waals surface area contributed by atoms with Crippen molar-refractivity contribution in [3.63, 3.8) is 0 Å². The maximum atomic E-state index is 11.6. The smallest absolute Gasteiger partial charge is 0.224 e. The molecule has 0 bridgehead atoms. The SMILES string of the molecule is CCC(C(C)C)N1CC(C#N)CC1=O. The van der Waals surface area contributed by atoms with Crippen molar-refractivity contribution in [3.8, 4) is 6.07 Å². The van der Waals surface area contributed by atoms with Crippen molar-refractivity contribution in [2.45, 2.75) is 39.7 Å². The van der Waals surface area contributed by atoms with E-state index in [4.69, 9.17) is 5.26 Å². The van der Waals surface area contributed by atoms with Crippen LogP contribution in [0.1, 0.15) is 33.6 Å². The second kappa shape index (κ2) is 4.45. The van der Waals surface area contributed by atoms with Gasteiger partial charge < -0.3 is 4.90 Å². The first kappa shape index (κ1) is 11.0. The molecule has 14 heavy (non-hydrogen) atoms. The lowest BCUT2D eigenvalue weighted by Gasteiger charge is -2.30. The number of rotatable bonds is 3. The molecule has 0 aromatic rings. The molecule has 0 spiro atoms. The largest absolute Gasteiger partial charge is 0.338 e. The third-order valence-corrected chi connectivity index (χ3v) is 2.93. The Hall–Kier alpha value is -1.04. The minimum atomic E-state index is -0.0877. The predicted octanol–water partition coefficient (Wildman–Crippen LogP) is 1.79. The monoisotopic (exact) mass is 194 g/mol. The van der Waals surface area contributed by atoms with Crippen molar-refractivity contribution in [1.82, 2.24) is 4.90 Å². The summed E-state index contributed by atoms with van der Waals surface area (Å²) in [5, 5.41) is 8.77. The Balaban J connectivity index is 2.69. The number of amides is 1. The molecule has 1 aliphatic heterocycles. The average molecular weight is 194 g/mol. The zero-order valence-electron chi connectivity index (χ0n) is 9.16. The Bertz CT molecular complexity index is 255. The summed E-state index contributed by atoms with van der Waals surface area (Å²) < 4.78 is 0. The van der Waals surface area contributed by atoms with Crippen molar-refractivity contribution in [1.29, 1.82) is 5.26 Å². The summed E-state index contributed by atoms with van der Waals surface area (Å²) in [4.78, 5) is 13.5. The summed E-state index contributed by atoms with van der Waals surface area (Å²) in [6.45, 7) is 6.98. The second-order valence-corrected chi connectivity index (χ2v) is 4.30. The molecule has 1 fully saturated rings. The molecule has 1 heterocycles. The standard InChI is InChI=1S/C11H18N2O/c1-4-10(8(2)3)13-7-9(6-12)5-11(13)14/h8-10H,4-5,7H2,1-3H3. The molecule has 2 atom stereocenters. The van der Waals surface area contributed by atoms with Crippen molar-refractivity contribution >= 4 is 5.91 Å². The van der Waals surface area contributed by atoms with E-state index in [1.165, 1.54) is 0 Å². The summed E-state index contributed by atoms with van der Waals surface area (Å²) in [5.74, 6) is 0.536. The molecule has 0 aliphatic carbocycles. The molecule has 1 saturated heterocycles. The lowest BCUT2D eigenvalue weighted by molar-refractivity contribution is -0.130. The van der Waals surface area contributed by atoms with E-state index in [0.29, 0.717) is 24.9 Å². The van der Waals surface area contributed by atoms with E-state index < -0.39 is 0 Å². The molecule has 0 aromatic carbocycles. The molecular weight excluding hydrogens is 176 g/mol. The van der Waals surface area contributed by atoms with Crippen molar-refractivity contribution < 1.29 is 4.79 Å². The predicted molar refractivity (Wildman–Crippen MR) is 54.4 cm³/mol. The van der Waals surface area contributed by atoms with Crippen LogP contribution < -0.4 is 0 Å². The number of carbonyl (C=O) groups is 1. The molecule has 1 amide bonds. The highest BCUT2D eigenvalue weighted by atomic mass is 16.2. The Morgan fingerprint density at radius 1 is 1.64 bits per heavy atom. The van der Waals surface area contributed by atoms with Gasteiger partial charge in [-0.1, -0.05) is 20.8 Å². The number of hydrogen-bond donors (Lipinski definition) is 0. The van der Waals surface area contributed by atoms with Gasteiger partial charge in [0.1, 0.15) is 0 Å². The number of nitriles is 1. The van der Waals surface area contributed by atoms with E-state index in [-0.39, 0.29) is 11.8 Å². The van der Waals surface area contributed by atoms with Crippen LogP contribution in [0.15, 0.2) is 0 Å². The summed E-state index contributed by atoms with van der Waals surface area (Å²) >= 11 is 0. The number of hydrogen-bond acceptors (Lipinski definition) is 2. The maximum absolute atomic E-state index is 11.6. The molecule has 0 radical (unpaired) electrons. The third kappa shape index (κ3) is 2.06. The Morgan fingerprint density at radius 3 is 2.64 bits per heavy atom. The van der Waals surface area contributed by atoms with Gasteiger partial charge >= 0.3 is 0 Å². The first-order chi connectivity index (χ1) is 6.60. The van der Waals surface area contributed by atoms with Crippen LogP contribution in [0.2, 0.25) is 0 Å². The number of carbonyl (C=O) groups excluding carboxylic acids is 1. The fourth-order valence-electron chi connectivity index (χ4n) is 2.19. The van der Waals surface area contributed by atoms with Gasteiger partial charge in [-0.2, -0.15) is 5.26 Å². The minimum Gasteiger partial charge on any atom is -0.338 e. The summed E-state index contributed by atoms with van der Waals surface area (Å²) in [5.41, 5.74) is 0. The number of likely N-dealkylation sites (tertiary alicyclic amines) is 1. The van der Waals surface area contributed by atoms with Crippen LogP contribution in [0.3, 0.4) is 0 Å². The minimum absolute atomic E-state index is 0.0877. The lowest BCUT2D eigenvalue weighted by atomic mass is 10.0. The van der Waals surface area contributed by atoms with Gasteiger partial charge in [0.2, 0.25) is 5.91 Å². The van der Waals surface area contributed by atoms with E-state index in [9.17, 15) is 4.79 Å².